The molecule has 0 aromatic carbocycles. The van der Waals surface area contributed by atoms with E-state index in [9.17, 15) is 0 Å². The number of hydrogen-bond donors (Lipinski definition) is 2. The Morgan fingerprint density at radius 2 is 2.36 bits per heavy atom. The van der Waals surface area contributed by atoms with Crippen LogP contribution in [0.4, 0.5) is 0 Å². The maximum absolute atomic E-state index is 4.09. The molecular weight excluding hydrogens is 196 g/mol. The van der Waals surface area contributed by atoms with Gasteiger partial charge >= 0.3 is 0 Å². The molecule has 1 aromatic heterocycles. The first-order chi connectivity index (χ1) is 6.95. The van der Waals surface area contributed by atoms with E-state index in [0.29, 0.717) is 0 Å². The molecule has 0 saturated carbocycles. The third kappa shape index (κ3) is 2.99. The number of hydrogen-bond acceptors (Lipinski definition) is 4. The lowest BCUT2D eigenvalue weighted by Gasteiger charge is -2.22. The summed E-state index contributed by atoms with van der Waals surface area (Å²) in [5.74, 6) is 3.59. The first kappa shape index (κ1) is 9.98. The summed E-state index contributed by atoms with van der Waals surface area (Å²) >= 11 is 2.06. The van der Waals surface area contributed by atoms with Crippen molar-refractivity contribution in [2.45, 2.75) is 25.3 Å². The van der Waals surface area contributed by atoms with Crippen molar-refractivity contribution in [3.63, 3.8) is 0 Å². The van der Waals surface area contributed by atoms with Crippen LogP contribution in [0, 0.1) is 0 Å². The molecule has 14 heavy (non-hydrogen) atoms. The minimum absolute atomic E-state index is 0.721. The number of thioether (sulfide) groups is 1. The molecule has 1 fully saturated rings. The molecule has 78 valence electrons. The van der Waals surface area contributed by atoms with Crippen LogP contribution in [0.25, 0.3) is 0 Å². The predicted octanol–water partition coefficient (Wildman–Crippen LogP) is 0.832. The molecule has 1 aromatic rings. The van der Waals surface area contributed by atoms with Crippen LogP contribution in [0.1, 0.15) is 18.7 Å². The molecule has 0 bridgehead atoms. The fourth-order valence-corrected chi connectivity index (χ4v) is 2.75. The summed E-state index contributed by atoms with van der Waals surface area (Å²) in [4.78, 5) is 4.09. The maximum Gasteiger partial charge on any atom is 0.137 e. The Morgan fingerprint density at radius 1 is 1.50 bits per heavy atom. The van der Waals surface area contributed by atoms with Crippen molar-refractivity contribution in [3.05, 3.63) is 12.2 Å². The standard InChI is InChI=1S/C9H16N4S/c1(9-11-7-12-13-9)4-10-8-2-5-14-6-3-8/h7-8,10H,1-6H2,(H,11,12,13). The quantitative estimate of drug-likeness (QED) is 0.776. The van der Waals surface area contributed by atoms with Gasteiger partial charge in [0.05, 0.1) is 0 Å². The molecule has 0 aliphatic carbocycles. The fraction of sp³-hybridized carbons (Fsp3) is 0.778. The second-order valence-electron chi connectivity index (χ2n) is 3.52. The van der Waals surface area contributed by atoms with Gasteiger partial charge in [-0.2, -0.15) is 16.9 Å². The zero-order valence-electron chi connectivity index (χ0n) is 8.20. The van der Waals surface area contributed by atoms with Crippen LogP contribution in [0.3, 0.4) is 0 Å². The van der Waals surface area contributed by atoms with E-state index in [0.717, 1.165) is 24.8 Å². The number of aromatic nitrogens is 3. The van der Waals surface area contributed by atoms with E-state index in [1.54, 1.807) is 6.33 Å². The van der Waals surface area contributed by atoms with Crippen LogP contribution in [-0.4, -0.2) is 39.3 Å². The zero-order valence-corrected chi connectivity index (χ0v) is 9.02. The van der Waals surface area contributed by atoms with Crippen molar-refractivity contribution in [1.82, 2.24) is 20.5 Å². The minimum atomic E-state index is 0.721. The van der Waals surface area contributed by atoms with E-state index in [1.807, 2.05) is 0 Å². The van der Waals surface area contributed by atoms with Crippen molar-refractivity contribution >= 4 is 11.8 Å². The molecule has 0 radical (unpaired) electrons. The van der Waals surface area contributed by atoms with Crippen LogP contribution >= 0.6 is 11.8 Å². The van der Waals surface area contributed by atoms with Crippen LogP contribution in [-0.2, 0) is 6.42 Å². The highest BCUT2D eigenvalue weighted by atomic mass is 32.2. The summed E-state index contributed by atoms with van der Waals surface area (Å²) in [6.45, 7) is 1.00. The van der Waals surface area contributed by atoms with Crippen LogP contribution in [0.5, 0.6) is 0 Å². The average molecular weight is 212 g/mol. The van der Waals surface area contributed by atoms with Gasteiger partial charge < -0.3 is 5.32 Å². The van der Waals surface area contributed by atoms with Gasteiger partial charge in [-0.15, -0.1) is 0 Å². The van der Waals surface area contributed by atoms with Crippen molar-refractivity contribution in [2.24, 2.45) is 0 Å². The van der Waals surface area contributed by atoms with Gasteiger partial charge in [-0.25, -0.2) is 4.98 Å². The van der Waals surface area contributed by atoms with Gasteiger partial charge in [0.2, 0.25) is 0 Å². The third-order valence-corrected chi connectivity index (χ3v) is 3.53. The molecule has 0 amide bonds. The lowest BCUT2D eigenvalue weighted by molar-refractivity contribution is 0.483. The first-order valence-electron chi connectivity index (χ1n) is 5.10. The SMILES string of the molecule is c1n[nH]c(CCNC2CCSCC2)n1. The summed E-state index contributed by atoms with van der Waals surface area (Å²) in [5.41, 5.74) is 0. The Kier molecular flexibility index (Phi) is 3.82. The van der Waals surface area contributed by atoms with Crippen molar-refractivity contribution in [2.75, 3.05) is 18.1 Å². The highest BCUT2D eigenvalue weighted by Crippen LogP contribution is 2.16. The second-order valence-corrected chi connectivity index (χ2v) is 4.75. The van der Waals surface area contributed by atoms with E-state index in [4.69, 9.17) is 0 Å². The summed E-state index contributed by atoms with van der Waals surface area (Å²) in [6.07, 6.45) is 5.12. The Bertz CT molecular complexity index is 243. The van der Waals surface area contributed by atoms with E-state index < -0.39 is 0 Å². The predicted molar refractivity (Wildman–Crippen MR) is 58.4 cm³/mol. The fourth-order valence-electron chi connectivity index (χ4n) is 1.65. The summed E-state index contributed by atoms with van der Waals surface area (Å²) in [5, 5.41) is 10.2. The van der Waals surface area contributed by atoms with Gasteiger partial charge in [0.1, 0.15) is 12.2 Å². The molecule has 1 saturated heterocycles. The number of H-pyrrole nitrogens is 1. The average Bonchev–Trinajstić information content (AvgIpc) is 2.72. The van der Waals surface area contributed by atoms with Gasteiger partial charge in [0.25, 0.3) is 0 Å². The largest absolute Gasteiger partial charge is 0.313 e. The minimum Gasteiger partial charge on any atom is -0.313 e. The monoisotopic (exact) mass is 212 g/mol. The highest BCUT2D eigenvalue weighted by Gasteiger charge is 2.12. The number of aromatic amines is 1. The van der Waals surface area contributed by atoms with E-state index >= 15 is 0 Å². The number of nitrogens with zero attached hydrogens (tertiary/aromatic N) is 2. The third-order valence-electron chi connectivity index (χ3n) is 2.48. The molecular formula is C9H16N4S. The smallest absolute Gasteiger partial charge is 0.137 e. The number of rotatable bonds is 4. The molecule has 0 unspecified atom stereocenters. The Balaban J connectivity index is 1.62. The van der Waals surface area contributed by atoms with Gasteiger partial charge in [-0.3, -0.25) is 5.10 Å². The highest BCUT2D eigenvalue weighted by molar-refractivity contribution is 7.99. The van der Waals surface area contributed by atoms with E-state index in [1.165, 1.54) is 24.3 Å². The summed E-state index contributed by atoms with van der Waals surface area (Å²) in [6, 6.07) is 0.721. The van der Waals surface area contributed by atoms with Gasteiger partial charge in [0.15, 0.2) is 0 Å². The molecule has 0 atom stereocenters. The normalized spacial score (nSPS) is 18.6. The van der Waals surface area contributed by atoms with Crippen LogP contribution < -0.4 is 5.32 Å². The molecule has 4 nitrogen and oxygen atoms in total. The lowest BCUT2D eigenvalue weighted by atomic mass is 10.1. The van der Waals surface area contributed by atoms with E-state index in [-0.39, 0.29) is 0 Å². The second kappa shape index (κ2) is 5.36. The maximum atomic E-state index is 4.09. The number of nitrogens with one attached hydrogen (secondary N) is 2. The molecule has 1 aliphatic rings. The van der Waals surface area contributed by atoms with E-state index in [2.05, 4.69) is 32.3 Å². The van der Waals surface area contributed by atoms with Crippen molar-refractivity contribution in [1.29, 1.82) is 0 Å². The topological polar surface area (TPSA) is 53.6 Å². The molecule has 0 spiro atoms. The molecule has 1 aliphatic heterocycles. The van der Waals surface area contributed by atoms with Gasteiger partial charge in [0, 0.05) is 19.0 Å². The molecule has 2 heterocycles. The Hall–Kier alpha value is -0.550. The van der Waals surface area contributed by atoms with Crippen molar-refractivity contribution in [3.8, 4) is 0 Å². The van der Waals surface area contributed by atoms with Crippen LogP contribution in [0.2, 0.25) is 0 Å². The first-order valence-corrected chi connectivity index (χ1v) is 6.26. The van der Waals surface area contributed by atoms with Crippen LogP contribution in [0.15, 0.2) is 6.33 Å². The summed E-state index contributed by atoms with van der Waals surface area (Å²) < 4.78 is 0. The Labute approximate surface area is 88.3 Å². The molecule has 2 N–H and O–H groups in total. The van der Waals surface area contributed by atoms with Gasteiger partial charge in [-0.1, -0.05) is 0 Å². The summed E-state index contributed by atoms with van der Waals surface area (Å²) in [7, 11) is 0. The molecule has 2 rings (SSSR count). The molecule has 5 heteroatoms. The van der Waals surface area contributed by atoms with Gasteiger partial charge in [-0.05, 0) is 24.3 Å². The Morgan fingerprint density at radius 3 is 3.07 bits per heavy atom. The van der Waals surface area contributed by atoms with Crippen molar-refractivity contribution < 1.29 is 0 Å². The lowest BCUT2D eigenvalue weighted by Crippen LogP contribution is -2.34. The zero-order chi connectivity index (χ0) is 9.64.